The van der Waals surface area contributed by atoms with Gasteiger partial charge in [-0.3, -0.25) is 0 Å². The second-order valence-corrected chi connectivity index (χ2v) is 5.17. The molecule has 0 aliphatic rings. The van der Waals surface area contributed by atoms with Gasteiger partial charge >= 0.3 is 49.7 Å². The minimum Gasteiger partial charge on any atom is -0.872 e. The molecule has 0 saturated carbocycles. The quantitative estimate of drug-likeness (QED) is 0.400. The van der Waals surface area contributed by atoms with Gasteiger partial charge in [0.2, 0.25) is 11.5 Å². The molecule has 2 rings (SSSR count). The second kappa shape index (κ2) is 13.5. The van der Waals surface area contributed by atoms with Crippen LogP contribution in [-0.4, -0.2) is 74.1 Å². The number of carboxylic acid groups (broad SMARTS) is 2. The van der Waals surface area contributed by atoms with Crippen molar-refractivity contribution in [2.24, 2.45) is 0 Å². The van der Waals surface area contributed by atoms with E-state index >= 15 is 0 Å². The van der Waals surface area contributed by atoms with Crippen LogP contribution < -0.4 is 10.2 Å². The Morgan fingerprint density at radius 1 is 0.724 bits per heavy atom. The molecule has 9 heteroatoms. The van der Waals surface area contributed by atoms with Crippen molar-refractivity contribution in [3.8, 4) is 11.5 Å². The average molecular weight is 426 g/mol. The minimum absolute atomic E-state index is 0. The summed E-state index contributed by atoms with van der Waals surface area (Å²) in [6.45, 7) is 0. The van der Waals surface area contributed by atoms with E-state index < -0.39 is 11.9 Å². The number of rotatable bonds is 6. The van der Waals surface area contributed by atoms with Crippen LogP contribution in [0.3, 0.4) is 0 Å². The van der Waals surface area contributed by atoms with Gasteiger partial charge in [0.15, 0.2) is 0 Å². The third-order valence-corrected chi connectivity index (χ3v) is 3.22. The molecule has 0 fully saturated rings. The Bertz CT molecular complexity index is 782. The van der Waals surface area contributed by atoms with Crippen LogP contribution in [0.2, 0.25) is 0 Å². The molecule has 8 nitrogen and oxygen atoms in total. The van der Waals surface area contributed by atoms with Crippen molar-refractivity contribution in [1.29, 1.82) is 0 Å². The molecule has 0 unspecified atom stereocenters. The van der Waals surface area contributed by atoms with Crippen LogP contribution in [0.4, 0.5) is 0 Å². The van der Waals surface area contributed by atoms with Crippen molar-refractivity contribution in [2.45, 2.75) is 0 Å². The molecular formula is C20H18CaO8. The molecule has 2 aromatic rings. The smallest absolute Gasteiger partial charge is 0.872 e. The van der Waals surface area contributed by atoms with Crippen LogP contribution in [0.15, 0.2) is 60.0 Å². The number of aliphatic carboxylic acids is 2. The van der Waals surface area contributed by atoms with Crippen molar-refractivity contribution in [2.75, 3.05) is 14.2 Å². The molecule has 0 atom stereocenters. The summed E-state index contributed by atoms with van der Waals surface area (Å²) in [5.41, 5.74) is 1.23. The fraction of sp³-hybridized carbons (Fsp3) is 0.100. The molecule has 148 valence electrons. The van der Waals surface area contributed by atoms with E-state index in [1.807, 2.05) is 0 Å². The maximum absolute atomic E-state index is 10.7. The van der Waals surface area contributed by atoms with Gasteiger partial charge in [-0.05, 0) is 23.3 Å². The first-order valence-electron chi connectivity index (χ1n) is 7.79. The van der Waals surface area contributed by atoms with Crippen LogP contribution in [-0.2, 0) is 19.1 Å². The predicted octanol–water partition coefficient (Wildman–Crippen LogP) is 1.28. The zero-order valence-electron chi connectivity index (χ0n) is 15.8. The maximum atomic E-state index is 10.7. The second-order valence-electron chi connectivity index (χ2n) is 5.17. The molecule has 0 aliphatic heterocycles. The summed E-state index contributed by atoms with van der Waals surface area (Å²) in [6.07, 6.45) is 2.70. The van der Waals surface area contributed by atoms with Crippen molar-refractivity contribution in [3.63, 3.8) is 0 Å². The van der Waals surface area contributed by atoms with E-state index in [1.54, 1.807) is 0 Å². The van der Waals surface area contributed by atoms with Gasteiger partial charge in [-0.1, -0.05) is 48.5 Å². The summed E-state index contributed by atoms with van der Waals surface area (Å²) in [6, 6.07) is 11.6. The largest absolute Gasteiger partial charge is 2.00 e. The number of ether oxygens (including phenoxy) is 2. The molecule has 0 bridgehead atoms. The summed E-state index contributed by atoms with van der Waals surface area (Å²) in [5.74, 6) is -2.84. The number of carboxylic acids is 2. The monoisotopic (exact) mass is 426 g/mol. The number of carbonyl (C=O) groups is 2. The molecule has 0 radical (unpaired) electrons. The van der Waals surface area contributed by atoms with E-state index in [2.05, 4.69) is 9.47 Å². The number of hydrogen-bond acceptors (Lipinski definition) is 6. The summed E-state index contributed by atoms with van der Waals surface area (Å²) < 4.78 is 9.26. The van der Waals surface area contributed by atoms with E-state index in [4.69, 9.17) is 10.2 Å². The van der Waals surface area contributed by atoms with Gasteiger partial charge in [-0.25, -0.2) is 9.59 Å². The topological polar surface area (TPSA) is 139 Å². The van der Waals surface area contributed by atoms with Crippen LogP contribution in [0.25, 0.3) is 12.2 Å². The third-order valence-electron chi connectivity index (χ3n) is 3.22. The fourth-order valence-corrected chi connectivity index (χ4v) is 1.85. The van der Waals surface area contributed by atoms with Gasteiger partial charge < -0.3 is 29.9 Å². The molecular weight excluding hydrogens is 408 g/mol. The molecule has 0 heterocycles. The van der Waals surface area contributed by atoms with Gasteiger partial charge in [-0.2, -0.15) is 0 Å². The summed E-state index contributed by atoms with van der Waals surface area (Å²) in [5, 5.41) is 38.8. The first-order chi connectivity index (χ1) is 13.3. The Kier molecular flexibility index (Phi) is 12.2. The van der Waals surface area contributed by atoms with Crippen molar-refractivity contribution < 1.29 is 39.5 Å². The molecule has 2 aromatic carbocycles. The van der Waals surface area contributed by atoms with Crippen LogP contribution >= 0.6 is 0 Å². The molecule has 0 aromatic heterocycles. The Morgan fingerprint density at radius 3 is 1.21 bits per heavy atom. The third kappa shape index (κ3) is 9.89. The first-order valence-corrected chi connectivity index (χ1v) is 7.79. The zero-order valence-corrected chi connectivity index (χ0v) is 18.0. The molecule has 29 heavy (non-hydrogen) atoms. The van der Waals surface area contributed by atoms with Crippen LogP contribution in [0, 0.1) is 0 Å². The zero-order chi connectivity index (χ0) is 21.1. The average Bonchev–Trinajstić information content (AvgIpc) is 2.67. The van der Waals surface area contributed by atoms with E-state index in [0.29, 0.717) is 11.1 Å². The molecule has 0 saturated heterocycles. The summed E-state index contributed by atoms with van der Waals surface area (Å²) >= 11 is 0. The fourth-order valence-electron chi connectivity index (χ4n) is 1.85. The van der Waals surface area contributed by atoms with E-state index in [-0.39, 0.29) is 60.8 Å². The molecule has 0 aliphatic carbocycles. The van der Waals surface area contributed by atoms with Crippen LogP contribution in [0.1, 0.15) is 11.1 Å². The number of benzene rings is 2. The summed E-state index contributed by atoms with van der Waals surface area (Å²) in [7, 11) is 2.56. The standard InChI is InChI=1S/2C10H10O4.Ca/c2*1-14-9(10(12)13)6-7-2-4-8(11)5-3-7;/h2*2-6,11H,1H3,(H,12,13);/q;;+2/p-2. The number of methoxy groups -OCH3 is 2. The SMILES string of the molecule is COC(=Cc1ccc([O-])cc1)C(=O)O.COC(=Cc1ccc([O-])cc1)C(=O)O.[Ca+2]. The normalized spacial score (nSPS) is 10.7. The van der Waals surface area contributed by atoms with Crippen molar-refractivity contribution in [1.82, 2.24) is 0 Å². The van der Waals surface area contributed by atoms with Crippen LogP contribution in [0.5, 0.6) is 11.5 Å². The van der Waals surface area contributed by atoms with Crippen molar-refractivity contribution in [3.05, 3.63) is 71.2 Å². The van der Waals surface area contributed by atoms with Gasteiger partial charge in [0.05, 0.1) is 14.2 Å². The van der Waals surface area contributed by atoms with E-state index in [9.17, 15) is 19.8 Å². The van der Waals surface area contributed by atoms with Gasteiger partial charge in [-0.15, -0.1) is 11.5 Å². The van der Waals surface area contributed by atoms with Crippen molar-refractivity contribution >= 4 is 61.8 Å². The Hall–Kier alpha value is -2.68. The maximum Gasteiger partial charge on any atom is 2.00 e. The Balaban J connectivity index is 0.000000523. The summed E-state index contributed by atoms with van der Waals surface area (Å²) in [4.78, 5) is 21.1. The van der Waals surface area contributed by atoms with Gasteiger partial charge in [0, 0.05) is 0 Å². The Labute approximate surface area is 197 Å². The molecule has 0 amide bonds. The molecule has 2 N–H and O–H groups in total. The molecule has 0 spiro atoms. The minimum atomic E-state index is -1.14. The first kappa shape index (κ1) is 26.3. The Morgan fingerprint density at radius 2 is 1.00 bits per heavy atom. The van der Waals surface area contributed by atoms with Gasteiger partial charge in [0.25, 0.3) is 0 Å². The van der Waals surface area contributed by atoms with E-state index in [0.717, 1.165) is 0 Å². The number of hydrogen-bond donors (Lipinski definition) is 2. The van der Waals surface area contributed by atoms with E-state index in [1.165, 1.54) is 74.9 Å². The predicted molar refractivity (Wildman–Crippen MR) is 103 cm³/mol. The van der Waals surface area contributed by atoms with Gasteiger partial charge in [0.1, 0.15) is 0 Å².